The van der Waals surface area contributed by atoms with Crippen molar-refractivity contribution in [2.24, 2.45) is 0 Å². The summed E-state index contributed by atoms with van der Waals surface area (Å²) in [5.41, 5.74) is 7.04. The van der Waals surface area contributed by atoms with Crippen LogP contribution in [0.25, 0.3) is 0 Å². The molecule has 5 heteroatoms. The summed E-state index contributed by atoms with van der Waals surface area (Å²) in [7, 11) is 0. The average Bonchev–Trinajstić information content (AvgIpc) is 3.29. The molecule has 0 aliphatic heterocycles. The first-order chi connectivity index (χ1) is 10.2. The number of nitrogens with two attached hydrogens (primary N) is 1. The van der Waals surface area contributed by atoms with Crippen molar-refractivity contribution in [1.82, 2.24) is 4.90 Å². The largest absolute Gasteiger partial charge is 0.490 e. The van der Waals surface area contributed by atoms with Gasteiger partial charge in [-0.25, -0.2) is 4.39 Å². The average molecular weight is 295 g/mol. The highest BCUT2D eigenvalue weighted by Gasteiger charge is 2.27. The molecule has 0 aromatic heterocycles. The second-order valence-corrected chi connectivity index (χ2v) is 5.50. The SMILES string of the molecule is CCCOc1cc(NCCN(CC)C2CC2)c(N)cc1F. The first kappa shape index (κ1) is 15.9. The lowest BCUT2D eigenvalue weighted by atomic mass is 10.2. The lowest BCUT2D eigenvalue weighted by molar-refractivity contribution is 0.289. The van der Waals surface area contributed by atoms with Crippen LogP contribution in [0.4, 0.5) is 15.8 Å². The van der Waals surface area contributed by atoms with Gasteiger partial charge in [-0.1, -0.05) is 13.8 Å². The van der Waals surface area contributed by atoms with Crippen LogP contribution in [0.15, 0.2) is 12.1 Å². The summed E-state index contributed by atoms with van der Waals surface area (Å²) in [6.45, 7) is 7.52. The van der Waals surface area contributed by atoms with E-state index in [0.29, 0.717) is 12.3 Å². The molecule has 1 aliphatic rings. The standard InChI is InChI=1S/C16H26FN3O/c1-3-9-21-16-11-15(14(18)10-13(16)17)19-7-8-20(4-2)12-5-6-12/h10-12,19H,3-9,18H2,1-2H3. The van der Waals surface area contributed by atoms with E-state index in [1.54, 1.807) is 6.07 Å². The molecule has 0 spiro atoms. The van der Waals surface area contributed by atoms with Crippen LogP contribution in [0.2, 0.25) is 0 Å². The number of nitrogens with zero attached hydrogens (tertiary/aromatic N) is 1. The smallest absolute Gasteiger partial charge is 0.167 e. The van der Waals surface area contributed by atoms with Gasteiger partial charge in [0.1, 0.15) is 0 Å². The fourth-order valence-electron chi connectivity index (χ4n) is 2.42. The van der Waals surface area contributed by atoms with Crippen LogP contribution in [0.5, 0.6) is 5.75 Å². The summed E-state index contributed by atoms with van der Waals surface area (Å²) in [5.74, 6) is -0.136. The maximum absolute atomic E-state index is 13.7. The lowest BCUT2D eigenvalue weighted by Crippen LogP contribution is -2.31. The van der Waals surface area contributed by atoms with E-state index in [2.05, 4.69) is 17.1 Å². The van der Waals surface area contributed by atoms with Crippen molar-refractivity contribution in [2.75, 3.05) is 37.3 Å². The molecule has 1 saturated carbocycles. The van der Waals surface area contributed by atoms with Gasteiger partial charge >= 0.3 is 0 Å². The molecule has 1 aliphatic carbocycles. The maximum Gasteiger partial charge on any atom is 0.167 e. The van der Waals surface area contributed by atoms with E-state index >= 15 is 0 Å². The first-order valence-electron chi connectivity index (χ1n) is 7.85. The zero-order valence-electron chi connectivity index (χ0n) is 13.0. The number of anilines is 2. The molecule has 0 heterocycles. The zero-order valence-corrected chi connectivity index (χ0v) is 13.0. The Bertz CT molecular complexity index is 463. The summed E-state index contributed by atoms with van der Waals surface area (Å²) in [6.07, 6.45) is 3.46. The second-order valence-electron chi connectivity index (χ2n) is 5.50. The third-order valence-corrected chi connectivity index (χ3v) is 3.75. The molecular formula is C16H26FN3O. The summed E-state index contributed by atoms with van der Waals surface area (Å²) in [4.78, 5) is 2.46. The number of ether oxygens (including phenoxy) is 1. The van der Waals surface area contributed by atoms with Crippen molar-refractivity contribution in [3.8, 4) is 5.75 Å². The Morgan fingerprint density at radius 3 is 2.76 bits per heavy atom. The van der Waals surface area contributed by atoms with E-state index in [0.717, 1.165) is 37.8 Å². The molecular weight excluding hydrogens is 269 g/mol. The van der Waals surface area contributed by atoms with E-state index in [1.165, 1.54) is 18.9 Å². The molecule has 4 nitrogen and oxygen atoms in total. The number of hydrogen-bond acceptors (Lipinski definition) is 4. The van der Waals surface area contributed by atoms with Gasteiger partial charge in [0, 0.05) is 31.3 Å². The highest BCUT2D eigenvalue weighted by atomic mass is 19.1. The Hall–Kier alpha value is -1.49. The second kappa shape index (κ2) is 7.50. The number of benzene rings is 1. The van der Waals surface area contributed by atoms with E-state index < -0.39 is 5.82 Å². The van der Waals surface area contributed by atoms with Crippen molar-refractivity contribution in [3.05, 3.63) is 17.9 Å². The van der Waals surface area contributed by atoms with Crippen LogP contribution in [0.3, 0.4) is 0 Å². The minimum Gasteiger partial charge on any atom is -0.490 e. The monoisotopic (exact) mass is 295 g/mol. The van der Waals surface area contributed by atoms with Gasteiger partial charge in [-0.3, -0.25) is 4.90 Å². The van der Waals surface area contributed by atoms with Crippen molar-refractivity contribution >= 4 is 11.4 Å². The van der Waals surface area contributed by atoms with Gasteiger partial charge in [0.05, 0.1) is 18.0 Å². The van der Waals surface area contributed by atoms with Crippen LogP contribution in [-0.2, 0) is 0 Å². The summed E-state index contributed by atoms with van der Waals surface area (Å²) < 4.78 is 19.1. The molecule has 1 aromatic rings. The Morgan fingerprint density at radius 1 is 1.38 bits per heavy atom. The Kier molecular flexibility index (Phi) is 5.67. The van der Waals surface area contributed by atoms with E-state index in [4.69, 9.17) is 10.5 Å². The Labute approximate surface area is 126 Å². The van der Waals surface area contributed by atoms with Crippen molar-refractivity contribution in [2.45, 2.75) is 39.2 Å². The fraction of sp³-hybridized carbons (Fsp3) is 0.625. The first-order valence-corrected chi connectivity index (χ1v) is 7.85. The van der Waals surface area contributed by atoms with Gasteiger partial charge in [-0.05, 0) is 25.8 Å². The van der Waals surface area contributed by atoms with Crippen molar-refractivity contribution < 1.29 is 9.13 Å². The van der Waals surface area contributed by atoms with Gasteiger partial charge < -0.3 is 15.8 Å². The minimum atomic E-state index is -0.403. The minimum absolute atomic E-state index is 0.267. The summed E-state index contributed by atoms with van der Waals surface area (Å²) >= 11 is 0. The third-order valence-electron chi connectivity index (χ3n) is 3.75. The number of nitrogen functional groups attached to an aromatic ring is 1. The number of nitrogens with one attached hydrogen (secondary N) is 1. The molecule has 0 atom stereocenters. The maximum atomic E-state index is 13.7. The fourth-order valence-corrected chi connectivity index (χ4v) is 2.42. The van der Waals surface area contributed by atoms with E-state index in [1.807, 2.05) is 6.92 Å². The normalized spacial score (nSPS) is 14.5. The predicted molar refractivity (Wildman–Crippen MR) is 85.4 cm³/mol. The molecule has 0 amide bonds. The summed E-state index contributed by atoms with van der Waals surface area (Å²) in [6, 6.07) is 3.74. The number of likely N-dealkylation sites (N-methyl/N-ethyl adjacent to an activating group) is 1. The molecule has 3 N–H and O–H groups in total. The van der Waals surface area contributed by atoms with Gasteiger partial charge in [0.2, 0.25) is 0 Å². The topological polar surface area (TPSA) is 50.5 Å². The lowest BCUT2D eigenvalue weighted by Gasteiger charge is -2.20. The van der Waals surface area contributed by atoms with Crippen molar-refractivity contribution in [3.63, 3.8) is 0 Å². The molecule has 2 rings (SSSR count). The molecule has 0 saturated heterocycles. The van der Waals surface area contributed by atoms with Crippen LogP contribution < -0.4 is 15.8 Å². The predicted octanol–water partition coefficient (Wildman–Crippen LogP) is 3.09. The highest BCUT2D eigenvalue weighted by Crippen LogP contribution is 2.29. The number of halogens is 1. The van der Waals surface area contributed by atoms with Crippen LogP contribution in [-0.4, -0.2) is 37.2 Å². The molecule has 1 aromatic carbocycles. The van der Waals surface area contributed by atoms with Crippen LogP contribution >= 0.6 is 0 Å². The molecule has 0 bridgehead atoms. The van der Waals surface area contributed by atoms with Crippen molar-refractivity contribution in [1.29, 1.82) is 0 Å². The summed E-state index contributed by atoms with van der Waals surface area (Å²) in [5, 5.41) is 3.29. The molecule has 118 valence electrons. The molecule has 21 heavy (non-hydrogen) atoms. The van der Waals surface area contributed by atoms with Gasteiger partial charge in [-0.15, -0.1) is 0 Å². The quantitative estimate of drug-likeness (QED) is 0.687. The number of hydrogen-bond donors (Lipinski definition) is 2. The molecule has 0 unspecified atom stereocenters. The van der Waals surface area contributed by atoms with Crippen LogP contribution in [0.1, 0.15) is 33.1 Å². The van der Waals surface area contributed by atoms with Gasteiger partial charge in [0.15, 0.2) is 11.6 Å². The zero-order chi connectivity index (χ0) is 15.2. The van der Waals surface area contributed by atoms with E-state index in [-0.39, 0.29) is 5.75 Å². The van der Waals surface area contributed by atoms with Crippen LogP contribution in [0, 0.1) is 5.82 Å². The Balaban J connectivity index is 1.91. The number of rotatable bonds is 9. The van der Waals surface area contributed by atoms with Gasteiger partial charge in [0.25, 0.3) is 0 Å². The highest BCUT2D eigenvalue weighted by molar-refractivity contribution is 5.68. The molecule has 1 fully saturated rings. The molecule has 0 radical (unpaired) electrons. The van der Waals surface area contributed by atoms with Gasteiger partial charge in [-0.2, -0.15) is 0 Å². The third kappa shape index (κ3) is 4.49. The van der Waals surface area contributed by atoms with E-state index in [9.17, 15) is 4.39 Å². The Morgan fingerprint density at radius 2 is 2.14 bits per heavy atom.